The van der Waals surface area contributed by atoms with E-state index in [2.05, 4.69) is 34.1 Å². The molecule has 1 aliphatic heterocycles. The topological polar surface area (TPSA) is 60.4 Å². The Labute approximate surface area is 177 Å². The Kier molecular flexibility index (Phi) is 8.61. The van der Waals surface area contributed by atoms with Crippen LogP contribution in [-0.2, 0) is 4.74 Å². The van der Waals surface area contributed by atoms with Crippen LogP contribution in [0.2, 0.25) is 0 Å². The fraction of sp³-hybridized carbons (Fsp3) is 0.909. The summed E-state index contributed by atoms with van der Waals surface area (Å²) < 4.78 is 5.55. The maximum absolute atomic E-state index is 12.4. The van der Waals surface area contributed by atoms with Gasteiger partial charge in [0.05, 0.1) is 0 Å². The lowest BCUT2D eigenvalue weighted by molar-refractivity contribution is 0.0214. The molecule has 1 N–H and O–H groups in total. The van der Waals surface area contributed by atoms with E-state index in [0.29, 0.717) is 18.5 Å². The van der Waals surface area contributed by atoms with Crippen molar-refractivity contribution in [2.75, 3.05) is 46.8 Å². The van der Waals surface area contributed by atoms with E-state index in [1.165, 1.54) is 12.8 Å². The van der Waals surface area contributed by atoms with Crippen molar-refractivity contribution in [3.8, 4) is 0 Å². The Bertz CT molecular complexity index is 548. The molecule has 1 unspecified atom stereocenters. The summed E-state index contributed by atoms with van der Waals surface area (Å²) in [6.45, 7) is 14.4. The van der Waals surface area contributed by atoms with Crippen LogP contribution < -0.4 is 5.32 Å². The van der Waals surface area contributed by atoms with Gasteiger partial charge in [-0.3, -0.25) is 9.89 Å². The average Bonchev–Trinajstić information content (AvgIpc) is 3.50. The molecule has 0 aromatic carbocycles. The number of nitrogens with one attached hydrogen (secondary N) is 1. The molecular formula is C22H43N5O2. The summed E-state index contributed by atoms with van der Waals surface area (Å²) in [7, 11) is 4.09. The highest BCUT2D eigenvalue weighted by Gasteiger charge is 2.30. The molecule has 0 aromatic heterocycles. The molecule has 1 amide bonds. The lowest BCUT2D eigenvalue weighted by Crippen LogP contribution is -2.50. The Hall–Kier alpha value is -1.50. The van der Waals surface area contributed by atoms with Crippen LogP contribution in [0.25, 0.3) is 0 Å². The third-order valence-electron chi connectivity index (χ3n) is 6.01. The van der Waals surface area contributed by atoms with Crippen LogP contribution in [0, 0.1) is 5.92 Å². The van der Waals surface area contributed by atoms with Crippen LogP contribution >= 0.6 is 0 Å². The minimum atomic E-state index is -0.448. The van der Waals surface area contributed by atoms with Gasteiger partial charge in [0.15, 0.2) is 5.96 Å². The first-order valence-electron chi connectivity index (χ1n) is 11.3. The van der Waals surface area contributed by atoms with Crippen molar-refractivity contribution in [1.82, 2.24) is 20.0 Å². The molecule has 0 radical (unpaired) electrons. The summed E-state index contributed by atoms with van der Waals surface area (Å²) in [6, 6.07) is 1.28. The molecule has 1 heterocycles. The molecule has 7 nitrogen and oxygen atoms in total. The molecule has 2 rings (SSSR count). The number of piperidine rings is 1. The van der Waals surface area contributed by atoms with Gasteiger partial charge in [0, 0.05) is 51.9 Å². The van der Waals surface area contributed by atoms with E-state index in [-0.39, 0.29) is 6.09 Å². The molecule has 1 saturated carbocycles. The van der Waals surface area contributed by atoms with Crippen molar-refractivity contribution in [2.24, 2.45) is 10.9 Å². The molecule has 1 saturated heterocycles. The predicted octanol–water partition coefficient (Wildman–Crippen LogP) is 3.01. The summed E-state index contributed by atoms with van der Waals surface area (Å²) >= 11 is 0. The number of hydrogen-bond donors (Lipinski definition) is 1. The first-order chi connectivity index (χ1) is 13.6. The predicted molar refractivity (Wildman–Crippen MR) is 119 cm³/mol. The van der Waals surface area contributed by atoms with E-state index >= 15 is 0 Å². The SMILES string of the molecule is CCN(CC1CCN(C(=NC)NCC(C)N(C)C2CC2)CC1)C(=O)OC(C)(C)C. The normalized spacial score (nSPS) is 20.0. The summed E-state index contributed by atoms with van der Waals surface area (Å²) in [4.78, 5) is 23.6. The van der Waals surface area contributed by atoms with E-state index in [0.717, 1.165) is 51.0 Å². The maximum Gasteiger partial charge on any atom is 0.410 e. The summed E-state index contributed by atoms with van der Waals surface area (Å²) in [5.74, 6) is 1.51. The van der Waals surface area contributed by atoms with E-state index < -0.39 is 5.60 Å². The smallest absolute Gasteiger partial charge is 0.410 e. The Morgan fingerprint density at radius 2 is 1.86 bits per heavy atom. The molecule has 1 aliphatic carbocycles. The van der Waals surface area contributed by atoms with E-state index in [1.54, 1.807) is 0 Å². The van der Waals surface area contributed by atoms with Gasteiger partial charge in [-0.05, 0) is 73.3 Å². The summed E-state index contributed by atoms with van der Waals surface area (Å²) in [5.41, 5.74) is -0.448. The number of aliphatic imine (C=N–C) groups is 1. The van der Waals surface area contributed by atoms with Crippen molar-refractivity contribution in [1.29, 1.82) is 0 Å². The van der Waals surface area contributed by atoms with Crippen molar-refractivity contribution < 1.29 is 9.53 Å². The first-order valence-corrected chi connectivity index (χ1v) is 11.3. The fourth-order valence-electron chi connectivity index (χ4n) is 3.86. The molecule has 0 aromatic rings. The number of rotatable bonds is 7. The monoisotopic (exact) mass is 409 g/mol. The number of nitrogens with zero attached hydrogens (tertiary/aromatic N) is 4. The zero-order valence-corrected chi connectivity index (χ0v) is 19.7. The van der Waals surface area contributed by atoms with Gasteiger partial charge >= 0.3 is 6.09 Å². The number of likely N-dealkylation sites (tertiary alicyclic amines) is 1. The second-order valence-electron chi connectivity index (χ2n) is 9.62. The third kappa shape index (κ3) is 7.68. The van der Waals surface area contributed by atoms with Crippen LogP contribution in [0.1, 0.15) is 60.3 Å². The molecular weight excluding hydrogens is 366 g/mol. The second-order valence-corrected chi connectivity index (χ2v) is 9.62. The van der Waals surface area contributed by atoms with Gasteiger partial charge in [0.25, 0.3) is 0 Å². The Balaban J connectivity index is 1.76. The van der Waals surface area contributed by atoms with Crippen molar-refractivity contribution in [3.63, 3.8) is 0 Å². The third-order valence-corrected chi connectivity index (χ3v) is 6.01. The van der Waals surface area contributed by atoms with Crippen molar-refractivity contribution in [3.05, 3.63) is 0 Å². The molecule has 29 heavy (non-hydrogen) atoms. The van der Waals surface area contributed by atoms with E-state index in [1.807, 2.05) is 39.6 Å². The molecule has 0 spiro atoms. The lowest BCUT2D eigenvalue weighted by atomic mass is 9.96. The van der Waals surface area contributed by atoms with Gasteiger partial charge in [-0.1, -0.05) is 0 Å². The second kappa shape index (κ2) is 10.5. The summed E-state index contributed by atoms with van der Waals surface area (Å²) in [6.07, 6.45) is 4.60. The van der Waals surface area contributed by atoms with Crippen LogP contribution in [-0.4, -0.2) is 91.3 Å². The van der Waals surface area contributed by atoms with E-state index in [4.69, 9.17) is 4.74 Å². The number of likely N-dealkylation sites (N-methyl/N-ethyl adjacent to an activating group) is 1. The largest absolute Gasteiger partial charge is 0.444 e. The highest BCUT2D eigenvalue weighted by atomic mass is 16.6. The molecule has 0 bridgehead atoms. The molecule has 2 fully saturated rings. The van der Waals surface area contributed by atoms with Gasteiger partial charge in [-0.25, -0.2) is 4.79 Å². The Morgan fingerprint density at radius 1 is 1.24 bits per heavy atom. The van der Waals surface area contributed by atoms with Gasteiger partial charge < -0.3 is 19.9 Å². The lowest BCUT2D eigenvalue weighted by Gasteiger charge is -2.37. The quantitative estimate of drug-likeness (QED) is 0.517. The summed E-state index contributed by atoms with van der Waals surface area (Å²) in [5, 5.41) is 3.56. The molecule has 168 valence electrons. The van der Waals surface area contributed by atoms with Gasteiger partial charge in [-0.2, -0.15) is 0 Å². The number of carbonyl (C=O) groups excluding carboxylic acids is 1. The van der Waals surface area contributed by atoms with Crippen molar-refractivity contribution in [2.45, 2.75) is 78.0 Å². The fourth-order valence-corrected chi connectivity index (χ4v) is 3.86. The van der Waals surface area contributed by atoms with E-state index in [9.17, 15) is 4.79 Å². The average molecular weight is 410 g/mol. The standard InChI is InChI=1S/C22H43N5O2/c1-8-26(21(28)29-22(3,4)5)16-18-11-13-27(14-12-18)20(23-6)24-15-17(2)25(7)19-9-10-19/h17-19H,8-16H2,1-7H3,(H,23,24). The van der Waals surface area contributed by atoms with Gasteiger partial charge in [0.1, 0.15) is 5.60 Å². The number of ether oxygens (including phenoxy) is 1. The van der Waals surface area contributed by atoms with Gasteiger partial charge in [-0.15, -0.1) is 0 Å². The number of carbonyl (C=O) groups is 1. The molecule has 7 heteroatoms. The maximum atomic E-state index is 12.4. The molecule has 1 atom stereocenters. The first kappa shape index (κ1) is 23.8. The van der Waals surface area contributed by atoms with Gasteiger partial charge in [0.2, 0.25) is 0 Å². The zero-order chi connectivity index (χ0) is 21.6. The minimum absolute atomic E-state index is 0.200. The highest BCUT2D eigenvalue weighted by molar-refractivity contribution is 5.80. The number of guanidine groups is 1. The van der Waals surface area contributed by atoms with Crippen LogP contribution in [0.4, 0.5) is 4.79 Å². The molecule has 2 aliphatic rings. The highest BCUT2D eigenvalue weighted by Crippen LogP contribution is 2.26. The zero-order valence-electron chi connectivity index (χ0n) is 19.7. The minimum Gasteiger partial charge on any atom is -0.444 e. The Morgan fingerprint density at radius 3 is 2.34 bits per heavy atom. The van der Waals surface area contributed by atoms with Crippen LogP contribution in [0.3, 0.4) is 0 Å². The van der Waals surface area contributed by atoms with Crippen LogP contribution in [0.15, 0.2) is 4.99 Å². The number of hydrogen-bond acceptors (Lipinski definition) is 4. The number of amides is 1. The van der Waals surface area contributed by atoms with Crippen LogP contribution in [0.5, 0.6) is 0 Å². The van der Waals surface area contributed by atoms with Crippen molar-refractivity contribution >= 4 is 12.1 Å².